The predicted octanol–water partition coefficient (Wildman–Crippen LogP) is 4.99. The second kappa shape index (κ2) is 8.40. The molecular formula is C22H18Cl2N2O3S. The van der Waals surface area contributed by atoms with E-state index >= 15 is 0 Å². The molecule has 4 rings (SSSR count). The van der Waals surface area contributed by atoms with Crippen LogP contribution in [0.5, 0.6) is 0 Å². The highest BCUT2D eigenvalue weighted by Gasteiger charge is 2.28. The van der Waals surface area contributed by atoms with Crippen molar-refractivity contribution >= 4 is 44.8 Å². The molecule has 1 aliphatic heterocycles. The minimum Gasteiger partial charge on any atom is -0.322 e. The van der Waals surface area contributed by atoms with Crippen LogP contribution in [0, 0.1) is 0 Å². The Morgan fingerprint density at radius 3 is 2.40 bits per heavy atom. The quantitative estimate of drug-likeness (QED) is 0.595. The molecule has 154 valence electrons. The van der Waals surface area contributed by atoms with Gasteiger partial charge in [0.2, 0.25) is 10.0 Å². The Labute approximate surface area is 185 Å². The van der Waals surface area contributed by atoms with Crippen LogP contribution in [0.4, 0.5) is 5.69 Å². The van der Waals surface area contributed by atoms with E-state index in [-0.39, 0.29) is 17.3 Å². The Bertz CT molecular complexity index is 1210. The summed E-state index contributed by atoms with van der Waals surface area (Å²) in [6.07, 6.45) is 0.598. The Morgan fingerprint density at radius 1 is 0.933 bits per heavy atom. The summed E-state index contributed by atoms with van der Waals surface area (Å²) in [5, 5.41) is 3.69. The first-order valence-electron chi connectivity index (χ1n) is 9.28. The van der Waals surface area contributed by atoms with Crippen molar-refractivity contribution in [1.29, 1.82) is 0 Å². The monoisotopic (exact) mass is 460 g/mol. The molecule has 5 nitrogen and oxygen atoms in total. The van der Waals surface area contributed by atoms with Crippen molar-refractivity contribution in [3.8, 4) is 0 Å². The maximum Gasteiger partial charge on any atom is 0.257 e. The van der Waals surface area contributed by atoms with E-state index in [1.807, 2.05) is 18.2 Å². The van der Waals surface area contributed by atoms with Crippen LogP contribution >= 0.6 is 23.2 Å². The summed E-state index contributed by atoms with van der Waals surface area (Å²) in [6, 6.07) is 18.5. The zero-order chi connectivity index (χ0) is 21.3. The molecule has 0 fully saturated rings. The average Bonchev–Trinajstić information content (AvgIpc) is 2.73. The SMILES string of the molecule is O=C(Nc1ccc2c(c1)CN(S(=O)(=O)c1ccc(Cl)cc1)CC2)c1ccccc1Cl. The van der Waals surface area contributed by atoms with Crippen LogP contribution in [0.3, 0.4) is 0 Å². The third-order valence-electron chi connectivity index (χ3n) is 5.01. The smallest absolute Gasteiger partial charge is 0.257 e. The molecule has 0 radical (unpaired) electrons. The van der Waals surface area contributed by atoms with E-state index in [0.29, 0.717) is 34.3 Å². The number of fused-ring (bicyclic) bond motifs is 1. The number of nitrogens with zero attached hydrogens (tertiary/aromatic N) is 1. The Kier molecular flexibility index (Phi) is 5.84. The molecule has 0 bridgehead atoms. The fourth-order valence-corrected chi connectivity index (χ4v) is 5.18. The molecule has 0 saturated heterocycles. The molecule has 1 aliphatic rings. The molecule has 0 unspecified atom stereocenters. The zero-order valence-electron chi connectivity index (χ0n) is 15.8. The van der Waals surface area contributed by atoms with Crippen LogP contribution in [0.15, 0.2) is 71.6 Å². The van der Waals surface area contributed by atoms with Gasteiger partial charge in [-0.15, -0.1) is 0 Å². The summed E-state index contributed by atoms with van der Waals surface area (Å²) >= 11 is 12.0. The van der Waals surface area contributed by atoms with Gasteiger partial charge in [0, 0.05) is 23.8 Å². The zero-order valence-corrected chi connectivity index (χ0v) is 18.1. The number of rotatable bonds is 4. The van der Waals surface area contributed by atoms with Crippen molar-refractivity contribution in [2.75, 3.05) is 11.9 Å². The topological polar surface area (TPSA) is 66.5 Å². The molecule has 3 aromatic rings. The van der Waals surface area contributed by atoms with Crippen LogP contribution in [0.2, 0.25) is 10.0 Å². The molecule has 0 atom stereocenters. The van der Waals surface area contributed by atoms with Crippen molar-refractivity contribution < 1.29 is 13.2 Å². The van der Waals surface area contributed by atoms with E-state index in [0.717, 1.165) is 11.1 Å². The lowest BCUT2D eigenvalue weighted by atomic mass is 10.0. The number of nitrogens with one attached hydrogen (secondary N) is 1. The van der Waals surface area contributed by atoms with Gasteiger partial charge < -0.3 is 5.32 Å². The van der Waals surface area contributed by atoms with Crippen molar-refractivity contribution in [3.05, 3.63) is 93.5 Å². The van der Waals surface area contributed by atoms with E-state index in [2.05, 4.69) is 5.32 Å². The molecule has 0 aromatic heterocycles. The van der Waals surface area contributed by atoms with E-state index in [9.17, 15) is 13.2 Å². The summed E-state index contributed by atoms with van der Waals surface area (Å²) in [5.74, 6) is -0.318. The highest BCUT2D eigenvalue weighted by molar-refractivity contribution is 7.89. The first-order chi connectivity index (χ1) is 14.3. The van der Waals surface area contributed by atoms with Crippen LogP contribution in [-0.2, 0) is 23.0 Å². The van der Waals surface area contributed by atoms with Crippen molar-refractivity contribution in [2.24, 2.45) is 0 Å². The van der Waals surface area contributed by atoms with Gasteiger partial charge in [0.25, 0.3) is 5.91 Å². The summed E-state index contributed by atoms with van der Waals surface area (Å²) < 4.78 is 27.4. The van der Waals surface area contributed by atoms with E-state index in [1.54, 1.807) is 36.4 Å². The van der Waals surface area contributed by atoms with Crippen LogP contribution in [0.25, 0.3) is 0 Å². The Balaban J connectivity index is 1.56. The van der Waals surface area contributed by atoms with Gasteiger partial charge in [0.1, 0.15) is 0 Å². The number of hydrogen-bond acceptors (Lipinski definition) is 3. The molecule has 30 heavy (non-hydrogen) atoms. The van der Waals surface area contributed by atoms with Crippen LogP contribution in [0.1, 0.15) is 21.5 Å². The minimum absolute atomic E-state index is 0.207. The first-order valence-corrected chi connectivity index (χ1v) is 11.5. The van der Waals surface area contributed by atoms with E-state index < -0.39 is 10.0 Å². The highest BCUT2D eigenvalue weighted by atomic mass is 35.5. The van der Waals surface area contributed by atoms with Crippen molar-refractivity contribution in [2.45, 2.75) is 17.9 Å². The van der Waals surface area contributed by atoms with Gasteiger partial charge in [-0.25, -0.2) is 8.42 Å². The molecule has 8 heteroatoms. The third-order valence-corrected chi connectivity index (χ3v) is 7.45. The maximum atomic E-state index is 13.0. The second-order valence-electron chi connectivity index (χ2n) is 6.96. The largest absolute Gasteiger partial charge is 0.322 e. The number of amides is 1. The van der Waals surface area contributed by atoms with Gasteiger partial charge in [-0.1, -0.05) is 41.4 Å². The summed E-state index contributed by atoms with van der Waals surface area (Å²) in [5.41, 5.74) is 2.89. The number of sulfonamides is 1. The Hall–Kier alpha value is -2.38. The highest BCUT2D eigenvalue weighted by Crippen LogP contribution is 2.28. The second-order valence-corrected chi connectivity index (χ2v) is 9.74. The number of carbonyl (C=O) groups is 1. The lowest BCUT2D eigenvalue weighted by Crippen LogP contribution is -2.36. The van der Waals surface area contributed by atoms with Crippen LogP contribution < -0.4 is 5.32 Å². The van der Waals surface area contributed by atoms with Gasteiger partial charge >= 0.3 is 0 Å². The molecule has 0 spiro atoms. The van der Waals surface area contributed by atoms with Crippen molar-refractivity contribution in [3.63, 3.8) is 0 Å². The molecule has 0 aliphatic carbocycles. The minimum atomic E-state index is -3.64. The maximum absolute atomic E-state index is 13.0. The summed E-state index contributed by atoms with van der Waals surface area (Å²) in [7, 11) is -3.64. The molecule has 3 aromatic carbocycles. The van der Waals surface area contributed by atoms with Gasteiger partial charge in [0.05, 0.1) is 15.5 Å². The lowest BCUT2D eigenvalue weighted by molar-refractivity contribution is 0.102. The fourth-order valence-electron chi connectivity index (χ4n) is 3.41. The number of halogens is 2. The van der Waals surface area contributed by atoms with E-state index in [4.69, 9.17) is 23.2 Å². The van der Waals surface area contributed by atoms with Gasteiger partial charge in [-0.2, -0.15) is 4.31 Å². The number of carbonyl (C=O) groups excluding carboxylic acids is 1. The normalized spacial score (nSPS) is 14.2. The molecule has 1 heterocycles. The van der Waals surface area contributed by atoms with Crippen LogP contribution in [-0.4, -0.2) is 25.2 Å². The van der Waals surface area contributed by atoms with E-state index in [1.165, 1.54) is 16.4 Å². The van der Waals surface area contributed by atoms with Gasteiger partial charge in [-0.05, 0) is 66.1 Å². The lowest BCUT2D eigenvalue weighted by Gasteiger charge is -2.28. The fraction of sp³-hybridized carbons (Fsp3) is 0.136. The predicted molar refractivity (Wildman–Crippen MR) is 119 cm³/mol. The van der Waals surface area contributed by atoms with Gasteiger partial charge in [-0.3, -0.25) is 4.79 Å². The number of benzene rings is 3. The third kappa shape index (κ3) is 4.23. The molecule has 0 saturated carbocycles. The standard InChI is InChI=1S/C22H18Cl2N2O3S/c23-17-6-9-19(10-7-17)30(28,29)26-12-11-15-5-8-18(13-16(15)14-26)25-22(27)20-3-1-2-4-21(20)24/h1-10,13H,11-12,14H2,(H,25,27). The average molecular weight is 461 g/mol. The van der Waals surface area contributed by atoms with Gasteiger partial charge in [0.15, 0.2) is 0 Å². The molecule has 1 amide bonds. The molecule has 1 N–H and O–H groups in total. The van der Waals surface area contributed by atoms with Crippen molar-refractivity contribution in [1.82, 2.24) is 4.31 Å². The number of hydrogen-bond donors (Lipinski definition) is 1. The number of anilines is 1. The first kappa shape index (κ1) is 20.9. The molecular weight excluding hydrogens is 443 g/mol. The summed E-state index contributed by atoms with van der Waals surface area (Å²) in [6.45, 7) is 0.624. The summed E-state index contributed by atoms with van der Waals surface area (Å²) in [4.78, 5) is 12.7. The Morgan fingerprint density at radius 2 is 1.67 bits per heavy atom.